The fraction of sp³-hybridized carbons (Fsp3) is 0.818. The molecule has 16 heavy (non-hydrogen) atoms. The van der Waals surface area contributed by atoms with E-state index in [1.165, 1.54) is 0 Å². The van der Waals surface area contributed by atoms with E-state index in [2.05, 4.69) is 10.1 Å². The van der Waals surface area contributed by atoms with Crippen molar-refractivity contribution in [3.05, 3.63) is 11.7 Å². The van der Waals surface area contributed by atoms with Crippen molar-refractivity contribution in [2.45, 2.75) is 37.6 Å². The Hall–Kier alpha value is -0.940. The average Bonchev–Trinajstić information content (AvgIpc) is 2.82. The first kappa shape index (κ1) is 10.2. The maximum absolute atomic E-state index is 6.23. The van der Waals surface area contributed by atoms with Gasteiger partial charge in [0.25, 0.3) is 0 Å². The first-order valence-corrected chi connectivity index (χ1v) is 5.88. The van der Waals surface area contributed by atoms with Crippen molar-refractivity contribution < 1.29 is 9.26 Å². The van der Waals surface area contributed by atoms with Crippen LogP contribution in [0.1, 0.15) is 43.8 Å². The molecule has 2 aliphatic rings. The van der Waals surface area contributed by atoms with Crippen molar-refractivity contribution >= 4 is 0 Å². The van der Waals surface area contributed by atoms with Crippen LogP contribution < -0.4 is 5.73 Å². The lowest BCUT2D eigenvalue weighted by atomic mass is 9.97. The molecule has 1 saturated carbocycles. The van der Waals surface area contributed by atoms with E-state index in [1.54, 1.807) is 0 Å². The Balaban J connectivity index is 1.81. The molecule has 5 nitrogen and oxygen atoms in total. The second-order valence-electron chi connectivity index (χ2n) is 5.08. The minimum Gasteiger partial charge on any atom is -0.381 e. The van der Waals surface area contributed by atoms with Gasteiger partial charge in [-0.25, -0.2) is 0 Å². The molecular formula is C11H17N3O2. The van der Waals surface area contributed by atoms with Crippen molar-refractivity contribution in [2.75, 3.05) is 13.2 Å². The van der Waals surface area contributed by atoms with Crippen LogP contribution in [0.5, 0.6) is 0 Å². The summed E-state index contributed by atoms with van der Waals surface area (Å²) >= 11 is 0. The van der Waals surface area contributed by atoms with Crippen molar-refractivity contribution in [1.82, 2.24) is 10.1 Å². The van der Waals surface area contributed by atoms with Gasteiger partial charge >= 0.3 is 0 Å². The van der Waals surface area contributed by atoms with Crippen LogP contribution in [0.15, 0.2) is 4.52 Å². The van der Waals surface area contributed by atoms with Gasteiger partial charge < -0.3 is 15.0 Å². The highest BCUT2D eigenvalue weighted by Crippen LogP contribution is 2.43. The van der Waals surface area contributed by atoms with E-state index in [4.69, 9.17) is 15.0 Å². The Kier molecular flexibility index (Phi) is 2.26. The van der Waals surface area contributed by atoms with Crippen LogP contribution in [0.25, 0.3) is 0 Å². The number of rotatable bonds is 3. The monoisotopic (exact) mass is 223 g/mol. The Labute approximate surface area is 94.3 Å². The molecule has 0 amide bonds. The summed E-state index contributed by atoms with van der Waals surface area (Å²) in [6, 6.07) is 0. The highest BCUT2D eigenvalue weighted by atomic mass is 16.5. The van der Waals surface area contributed by atoms with Gasteiger partial charge in [0.15, 0.2) is 5.82 Å². The lowest BCUT2D eigenvalue weighted by molar-refractivity contribution is 0.192. The molecule has 2 fully saturated rings. The molecule has 2 heterocycles. The third kappa shape index (κ3) is 1.64. The van der Waals surface area contributed by atoms with E-state index in [-0.39, 0.29) is 5.92 Å². The quantitative estimate of drug-likeness (QED) is 0.832. The lowest BCUT2D eigenvalue weighted by Crippen LogP contribution is -2.35. The van der Waals surface area contributed by atoms with Crippen LogP contribution in [-0.2, 0) is 10.3 Å². The van der Waals surface area contributed by atoms with E-state index in [1.807, 2.05) is 6.92 Å². The molecule has 88 valence electrons. The zero-order valence-electron chi connectivity index (χ0n) is 9.48. The number of hydrogen-bond donors (Lipinski definition) is 1. The number of ether oxygens (including phenoxy) is 1. The van der Waals surface area contributed by atoms with Gasteiger partial charge in [0, 0.05) is 12.5 Å². The first-order chi connectivity index (χ1) is 7.68. The molecule has 2 N–H and O–H groups in total. The molecule has 1 aromatic rings. The maximum atomic E-state index is 6.23. The summed E-state index contributed by atoms with van der Waals surface area (Å²) in [7, 11) is 0. The van der Waals surface area contributed by atoms with E-state index in [0.717, 1.165) is 31.7 Å². The van der Waals surface area contributed by atoms with Gasteiger partial charge in [0.05, 0.1) is 12.1 Å². The maximum Gasteiger partial charge on any atom is 0.246 e. The summed E-state index contributed by atoms with van der Waals surface area (Å²) in [5.74, 6) is 2.12. The Morgan fingerprint density at radius 2 is 2.19 bits per heavy atom. The largest absolute Gasteiger partial charge is 0.381 e. The van der Waals surface area contributed by atoms with Gasteiger partial charge in [0.1, 0.15) is 0 Å². The van der Waals surface area contributed by atoms with E-state index in [0.29, 0.717) is 18.4 Å². The second-order valence-corrected chi connectivity index (χ2v) is 5.08. The van der Waals surface area contributed by atoms with Crippen molar-refractivity contribution in [3.63, 3.8) is 0 Å². The Bertz CT molecular complexity index is 378. The van der Waals surface area contributed by atoms with Gasteiger partial charge in [-0.15, -0.1) is 0 Å². The Morgan fingerprint density at radius 3 is 2.81 bits per heavy atom. The average molecular weight is 223 g/mol. The van der Waals surface area contributed by atoms with Crippen LogP contribution in [0.4, 0.5) is 0 Å². The van der Waals surface area contributed by atoms with Crippen molar-refractivity contribution in [2.24, 2.45) is 11.7 Å². The fourth-order valence-electron chi connectivity index (χ4n) is 2.22. The van der Waals surface area contributed by atoms with E-state index in [9.17, 15) is 0 Å². The summed E-state index contributed by atoms with van der Waals surface area (Å²) in [5.41, 5.74) is 5.77. The van der Waals surface area contributed by atoms with Crippen molar-refractivity contribution in [3.8, 4) is 0 Å². The van der Waals surface area contributed by atoms with Gasteiger partial charge in [-0.05, 0) is 32.1 Å². The molecule has 2 atom stereocenters. The predicted octanol–water partition coefficient (Wildman–Crippen LogP) is 1.16. The molecule has 5 heteroatoms. The van der Waals surface area contributed by atoms with Gasteiger partial charge in [0.2, 0.25) is 5.89 Å². The summed E-state index contributed by atoms with van der Waals surface area (Å²) in [5, 5.41) is 4.03. The first-order valence-electron chi connectivity index (χ1n) is 5.88. The van der Waals surface area contributed by atoms with Crippen molar-refractivity contribution in [1.29, 1.82) is 0 Å². The number of aromatic nitrogens is 2. The summed E-state index contributed by atoms with van der Waals surface area (Å²) in [6.07, 6.45) is 3.30. The summed E-state index contributed by atoms with van der Waals surface area (Å²) in [6.45, 7) is 3.47. The van der Waals surface area contributed by atoms with Crippen LogP contribution in [0.3, 0.4) is 0 Å². The van der Waals surface area contributed by atoms with Crippen LogP contribution in [-0.4, -0.2) is 23.4 Å². The molecule has 3 rings (SSSR count). The van der Waals surface area contributed by atoms with Crippen LogP contribution in [0, 0.1) is 5.92 Å². The SMILES string of the molecule is CC(N)(c1nc(C2CCOC2)no1)C1CC1. The normalized spacial score (nSPS) is 29.2. The molecule has 2 unspecified atom stereocenters. The molecule has 1 aromatic heterocycles. The number of nitrogens with zero attached hydrogens (tertiary/aromatic N) is 2. The molecule has 1 saturated heterocycles. The van der Waals surface area contributed by atoms with Gasteiger partial charge in [-0.2, -0.15) is 4.98 Å². The van der Waals surface area contributed by atoms with Gasteiger partial charge in [-0.3, -0.25) is 0 Å². The van der Waals surface area contributed by atoms with E-state index >= 15 is 0 Å². The molecule has 0 aromatic carbocycles. The summed E-state index contributed by atoms with van der Waals surface area (Å²) < 4.78 is 10.6. The molecule has 0 radical (unpaired) electrons. The van der Waals surface area contributed by atoms with Crippen LogP contribution >= 0.6 is 0 Å². The lowest BCUT2D eigenvalue weighted by Gasteiger charge is -2.18. The van der Waals surface area contributed by atoms with Gasteiger partial charge in [-0.1, -0.05) is 5.16 Å². The highest BCUT2D eigenvalue weighted by molar-refractivity contribution is 5.09. The highest BCUT2D eigenvalue weighted by Gasteiger charge is 2.44. The smallest absolute Gasteiger partial charge is 0.246 e. The zero-order chi connectivity index (χ0) is 11.2. The standard InChI is InChI=1S/C11H17N3O2/c1-11(12,8-2-3-8)10-13-9(14-16-10)7-4-5-15-6-7/h7-8H,2-6,12H2,1H3. The predicted molar refractivity (Wildman–Crippen MR) is 56.7 cm³/mol. The fourth-order valence-corrected chi connectivity index (χ4v) is 2.22. The van der Waals surface area contributed by atoms with Crippen LogP contribution in [0.2, 0.25) is 0 Å². The second kappa shape index (κ2) is 3.53. The van der Waals surface area contributed by atoms with E-state index < -0.39 is 5.54 Å². The third-order valence-corrected chi connectivity index (χ3v) is 3.62. The molecule has 1 aliphatic heterocycles. The topological polar surface area (TPSA) is 74.2 Å². The number of nitrogens with two attached hydrogens (primary N) is 1. The number of hydrogen-bond acceptors (Lipinski definition) is 5. The molecule has 1 aliphatic carbocycles. The minimum atomic E-state index is -0.454. The molecular weight excluding hydrogens is 206 g/mol. The zero-order valence-corrected chi connectivity index (χ0v) is 9.48. The minimum absolute atomic E-state index is 0.285. The summed E-state index contributed by atoms with van der Waals surface area (Å²) in [4.78, 5) is 4.44. The molecule has 0 spiro atoms. The third-order valence-electron chi connectivity index (χ3n) is 3.62. The Morgan fingerprint density at radius 1 is 1.38 bits per heavy atom. The molecule has 0 bridgehead atoms.